The molecule has 0 aliphatic rings. The van der Waals surface area contributed by atoms with E-state index in [0.717, 1.165) is 11.1 Å². The molecule has 2 aromatic carbocycles. The molecule has 0 saturated heterocycles. The topological polar surface area (TPSA) is 129 Å². The molecule has 2 aromatic rings. The third-order valence-corrected chi connectivity index (χ3v) is 7.42. The third-order valence-electron chi connectivity index (χ3n) is 5.84. The first-order chi connectivity index (χ1) is 15.2. The fourth-order valence-corrected chi connectivity index (χ4v) is 5.29. The van der Waals surface area contributed by atoms with Crippen molar-refractivity contribution < 1.29 is 63.8 Å². The zero-order chi connectivity index (χ0) is 23.6. The number of aryl methyl sites for hydroxylation is 2. The van der Waals surface area contributed by atoms with E-state index in [0.29, 0.717) is 32.1 Å². The summed E-state index contributed by atoms with van der Waals surface area (Å²) >= 11 is 0. The van der Waals surface area contributed by atoms with E-state index in [1.165, 1.54) is 0 Å². The Morgan fingerprint density at radius 1 is 0.818 bits per heavy atom. The molecule has 0 saturated carbocycles. The van der Waals surface area contributed by atoms with Crippen molar-refractivity contribution in [3.63, 3.8) is 0 Å². The van der Waals surface area contributed by atoms with E-state index in [9.17, 15) is 32.8 Å². The van der Waals surface area contributed by atoms with Crippen molar-refractivity contribution in [1.82, 2.24) is 0 Å². The summed E-state index contributed by atoms with van der Waals surface area (Å²) in [6.45, 7) is 0. The first-order valence-electron chi connectivity index (χ1n) is 10.7. The van der Waals surface area contributed by atoms with Gasteiger partial charge in [-0.05, 0) is 49.7 Å². The Balaban J connectivity index is 0.00000544. The van der Waals surface area contributed by atoms with E-state index in [-0.39, 0.29) is 43.8 Å². The van der Waals surface area contributed by atoms with E-state index < -0.39 is 39.1 Å². The van der Waals surface area contributed by atoms with Gasteiger partial charge in [0.1, 0.15) is 0 Å². The Bertz CT molecular complexity index is 987. The Morgan fingerprint density at radius 2 is 1.27 bits per heavy atom. The maximum atomic E-state index is 12.3. The van der Waals surface area contributed by atoms with Crippen molar-refractivity contribution in [3.05, 3.63) is 71.8 Å². The predicted molar refractivity (Wildman–Crippen MR) is 122 cm³/mol. The SMILES string of the molecule is O=C(O)C(CCCCc1ccccc1)C(CCCCc1ccccc1)(C(=O)O)S(=O)(=O)O.[H-].[Na+]. The standard InChI is InChI=1S/C24H30O7S.Na.H/c25-22(26)21(17-8-7-15-19-11-3-1-4-12-19)24(23(27)28,32(29,30)31)18-10-9-16-20-13-5-2-6-14-20;;/h1-6,11-14,21H,7-10,15-18H2,(H,25,26)(H,27,28)(H,29,30,31);;/q;+1;-1. The minimum atomic E-state index is -5.18. The molecule has 0 amide bonds. The molecule has 2 atom stereocenters. The first-order valence-corrected chi connectivity index (χ1v) is 12.1. The number of carbonyl (C=O) groups is 2. The number of hydrogen-bond acceptors (Lipinski definition) is 4. The summed E-state index contributed by atoms with van der Waals surface area (Å²) in [6.07, 6.45) is 2.14. The maximum Gasteiger partial charge on any atom is 1.00 e. The van der Waals surface area contributed by atoms with Crippen molar-refractivity contribution in [2.45, 2.75) is 56.1 Å². The molecule has 0 radical (unpaired) electrons. The molecule has 0 spiro atoms. The summed E-state index contributed by atoms with van der Waals surface area (Å²) in [6, 6.07) is 18.9. The molecule has 176 valence electrons. The summed E-state index contributed by atoms with van der Waals surface area (Å²) in [5.74, 6) is -5.11. The van der Waals surface area contributed by atoms with Crippen LogP contribution in [0.1, 0.15) is 51.1 Å². The van der Waals surface area contributed by atoms with Crippen molar-refractivity contribution >= 4 is 22.1 Å². The molecule has 0 bridgehead atoms. The molecule has 0 aromatic heterocycles. The normalized spacial score (nSPS) is 14.0. The van der Waals surface area contributed by atoms with Crippen LogP contribution >= 0.6 is 0 Å². The van der Waals surface area contributed by atoms with Crippen LogP contribution in [0.5, 0.6) is 0 Å². The molecule has 33 heavy (non-hydrogen) atoms. The molecule has 0 aliphatic carbocycles. The number of aliphatic carboxylic acids is 2. The minimum absolute atomic E-state index is 0. The Labute approximate surface area is 218 Å². The number of unbranched alkanes of at least 4 members (excludes halogenated alkanes) is 2. The molecule has 9 heteroatoms. The molecule has 0 aliphatic heterocycles. The first kappa shape index (κ1) is 29.3. The van der Waals surface area contributed by atoms with Gasteiger partial charge in [0, 0.05) is 0 Å². The molecular weight excluding hydrogens is 455 g/mol. The number of benzene rings is 2. The van der Waals surface area contributed by atoms with E-state index in [4.69, 9.17) is 0 Å². The van der Waals surface area contributed by atoms with Crippen LogP contribution in [-0.2, 0) is 32.5 Å². The molecule has 2 rings (SSSR count). The molecule has 2 unspecified atom stereocenters. The average molecular weight is 487 g/mol. The summed E-state index contributed by atoms with van der Waals surface area (Å²) in [5.41, 5.74) is 2.07. The van der Waals surface area contributed by atoms with Gasteiger partial charge in [-0.3, -0.25) is 14.1 Å². The average Bonchev–Trinajstić information content (AvgIpc) is 2.75. The quantitative estimate of drug-likeness (QED) is 0.209. The van der Waals surface area contributed by atoms with Gasteiger partial charge in [0.15, 0.2) is 0 Å². The predicted octanol–water partition coefficient (Wildman–Crippen LogP) is 1.34. The van der Waals surface area contributed by atoms with Gasteiger partial charge in [-0.25, -0.2) is 0 Å². The van der Waals surface area contributed by atoms with Crippen molar-refractivity contribution in [2.75, 3.05) is 0 Å². The van der Waals surface area contributed by atoms with E-state index in [2.05, 4.69) is 0 Å². The summed E-state index contributed by atoms with van der Waals surface area (Å²) in [7, 11) is -5.18. The van der Waals surface area contributed by atoms with Crippen LogP contribution in [-0.4, -0.2) is 39.9 Å². The third kappa shape index (κ3) is 8.22. The van der Waals surface area contributed by atoms with Crippen LogP contribution in [0.3, 0.4) is 0 Å². The van der Waals surface area contributed by atoms with Gasteiger partial charge in [0.05, 0.1) is 5.92 Å². The van der Waals surface area contributed by atoms with E-state index >= 15 is 0 Å². The second kappa shape index (κ2) is 13.9. The smallest absolute Gasteiger partial charge is 1.00 e. The van der Waals surface area contributed by atoms with Crippen molar-refractivity contribution in [3.8, 4) is 0 Å². The largest absolute Gasteiger partial charge is 1.00 e. The van der Waals surface area contributed by atoms with E-state index in [1.54, 1.807) is 0 Å². The summed E-state index contributed by atoms with van der Waals surface area (Å²) < 4.78 is 31.7. The summed E-state index contributed by atoms with van der Waals surface area (Å²) in [4.78, 5) is 24.1. The number of carboxylic acid groups (broad SMARTS) is 2. The Hall–Kier alpha value is -1.71. The van der Waals surface area contributed by atoms with Crippen LogP contribution in [0.2, 0.25) is 0 Å². The van der Waals surface area contributed by atoms with Crippen LogP contribution < -0.4 is 29.6 Å². The molecule has 0 heterocycles. The zero-order valence-corrected chi connectivity index (χ0v) is 21.7. The Kier molecular flexibility index (Phi) is 12.3. The minimum Gasteiger partial charge on any atom is -1.00 e. The van der Waals surface area contributed by atoms with Crippen molar-refractivity contribution in [1.29, 1.82) is 0 Å². The van der Waals surface area contributed by atoms with Gasteiger partial charge < -0.3 is 11.6 Å². The van der Waals surface area contributed by atoms with E-state index in [1.807, 2.05) is 60.7 Å². The number of hydrogen-bond donors (Lipinski definition) is 3. The van der Waals surface area contributed by atoms with Gasteiger partial charge in [0.2, 0.25) is 4.75 Å². The molecule has 3 N–H and O–H groups in total. The molecular formula is C24H31NaO7S. The van der Waals surface area contributed by atoms with Gasteiger partial charge >= 0.3 is 41.5 Å². The van der Waals surface area contributed by atoms with Crippen LogP contribution in [0.4, 0.5) is 0 Å². The fourth-order valence-electron chi connectivity index (χ4n) is 4.09. The zero-order valence-electron chi connectivity index (χ0n) is 19.9. The molecule has 7 nitrogen and oxygen atoms in total. The van der Waals surface area contributed by atoms with Gasteiger partial charge in [-0.2, -0.15) is 8.42 Å². The van der Waals surface area contributed by atoms with Gasteiger partial charge in [0.25, 0.3) is 10.1 Å². The van der Waals surface area contributed by atoms with Gasteiger partial charge in [-0.1, -0.05) is 73.5 Å². The van der Waals surface area contributed by atoms with Crippen molar-refractivity contribution in [2.24, 2.45) is 5.92 Å². The Morgan fingerprint density at radius 3 is 1.67 bits per heavy atom. The van der Waals surface area contributed by atoms with Gasteiger partial charge in [-0.15, -0.1) is 0 Å². The van der Waals surface area contributed by atoms with Crippen LogP contribution in [0.15, 0.2) is 60.7 Å². The monoisotopic (exact) mass is 486 g/mol. The second-order valence-corrected chi connectivity index (χ2v) is 9.66. The van der Waals surface area contributed by atoms with Crippen LogP contribution in [0.25, 0.3) is 0 Å². The second-order valence-electron chi connectivity index (χ2n) is 7.98. The fraction of sp³-hybridized carbons (Fsp3) is 0.417. The molecule has 0 fully saturated rings. The number of rotatable bonds is 14. The number of carboxylic acids is 2. The summed E-state index contributed by atoms with van der Waals surface area (Å²) in [5, 5.41) is 19.6. The van der Waals surface area contributed by atoms with Crippen LogP contribution in [0, 0.1) is 5.92 Å². The maximum absolute atomic E-state index is 12.3.